The van der Waals surface area contributed by atoms with Crippen LogP contribution in [0.15, 0.2) is 164 Å². The van der Waals surface area contributed by atoms with E-state index in [-0.39, 0.29) is 0 Å². The van der Waals surface area contributed by atoms with Crippen molar-refractivity contribution < 1.29 is 8.78 Å². The van der Waals surface area contributed by atoms with E-state index < -0.39 is 26.2 Å². The van der Waals surface area contributed by atoms with Gasteiger partial charge in [0.2, 0.25) is 0 Å². The molecule has 0 aliphatic heterocycles. The first-order valence-electron chi connectivity index (χ1n) is 17.1. The summed E-state index contributed by atoms with van der Waals surface area (Å²) in [4.78, 5) is 0. The lowest BCUT2D eigenvalue weighted by Crippen LogP contribution is -2.35. The molecular weight excluding hydrogens is 628 g/mol. The first kappa shape index (κ1) is 32.6. The summed E-state index contributed by atoms with van der Waals surface area (Å²) in [6.45, 7) is 0. The fraction of sp³-hybridized carbons (Fsp3) is 0.182. The highest BCUT2D eigenvalue weighted by atomic mass is 31.2. The Bertz CT molecular complexity index is 1770. The van der Waals surface area contributed by atoms with Gasteiger partial charge in [0.05, 0.1) is 35.9 Å². The van der Waals surface area contributed by atoms with Crippen molar-refractivity contribution in [1.82, 2.24) is 0 Å². The van der Waals surface area contributed by atoms with E-state index in [0.717, 1.165) is 24.0 Å². The van der Waals surface area contributed by atoms with Gasteiger partial charge in [0, 0.05) is 5.56 Å². The van der Waals surface area contributed by atoms with E-state index in [2.05, 4.69) is 152 Å². The van der Waals surface area contributed by atoms with Gasteiger partial charge in [-0.25, -0.2) is 8.78 Å². The molecule has 1 aliphatic rings. The second-order valence-electron chi connectivity index (χ2n) is 13.0. The monoisotopic (exact) mass is 670 g/mol. The van der Waals surface area contributed by atoms with Crippen LogP contribution < -0.4 is 26.5 Å². The van der Waals surface area contributed by atoms with E-state index in [4.69, 9.17) is 0 Å². The van der Waals surface area contributed by atoms with Gasteiger partial charge in [-0.05, 0) is 104 Å². The summed E-state index contributed by atoms with van der Waals surface area (Å²) in [5.74, 6) is -1.54. The third-order valence-electron chi connectivity index (χ3n) is 10.3. The summed E-state index contributed by atoms with van der Waals surface area (Å²) in [7, 11) is -4.47. The lowest BCUT2D eigenvalue weighted by molar-refractivity contribution is 0.505. The van der Waals surface area contributed by atoms with Gasteiger partial charge in [0.15, 0.2) is 11.6 Å². The van der Waals surface area contributed by atoms with Gasteiger partial charge in [-0.3, -0.25) is 0 Å². The second-order valence-corrected chi connectivity index (χ2v) is 20.3. The Hall–Kier alpha value is -3.96. The predicted octanol–water partition coefficient (Wildman–Crippen LogP) is 9.96. The highest BCUT2D eigenvalue weighted by Crippen LogP contribution is 2.67. The molecule has 240 valence electrons. The van der Waals surface area contributed by atoms with Gasteiger partial charge < -0.3 is 0 Å². The standard InChI is InChI=1S/C44H42F2P2/c45-43-31-35(33-47(37-19-7-1-8-20-37,38-21-9-2-10-22-38)39-23-11-3-12-24-39)36(32-44(43)46)34-48(40-25-13-4-14-26-40,41-27-15-5-16-28-41)42-29-17-6-18-30-42/h1-5,7-16,19-28,31-32,42H,6,17-18,29-30,33-34H2/q+2. The Morgan fingerprint density at radius 1 is 0.417 bits per heavy atom. The molecule has 1 aliphatic carbocycles. The molecular formula is C44H42F2P2+2. The molecule has 1 fully saturated rings. The zero-order valence-corrected chi connectivity index (χ0v) is 29.1. The fourth-order valence-electron chi connectivity index (χ4n) is 8.01. The van der Waals surface area contributed by atoms with Crippen molar-refractivity contribution in [2.24, 2.45) is 0 Å². The van der Waals surface area contributed by atoms with E-state index >= 15 is 8.78 Å². The Morgan fingerprint density at radius 2 is 0.750 bits per heavy atom. The lowest BCUT2D eigenvalue weighted by atomic mass is 10.0. The zero-order chi connectivity index (χ0) is 32.8. The average Bonchev–Trinajstić information content (AvgIpc) is 3.16. The van der Waals surface area contributed by atoms with Crippen LogP contribution in [0.1, 0.15) is 43.2 Å². The smallest absolute Gasteiger partial charge is 0.159 e. The van der Waals surface area contributed by atoms with Gasteiger partial charge in [0.25, 0.3) is 0 Å². The molecule has 0 nitrogen and oxygen atoms in total. The first-order valence-corrected chi connectivity index (χ1v) is 21.1. The molecule has 0 aromatic heterocycles. The molecule has 0 N–H and O–H groups in total. The third kappa shape index (κ3) is 6.30. The quantitative estimate of drug-likeness (QED) is 0.127. The van der Waals surface area contributed by atoms with Crippen molar-refractivity contribution >= 4 is 41.0 Å². The Balaban J connectivity index is 1.48. The minimum atomic E-state index is -2.36. The van der Waals surface area contributed by atoms with Gasteiger partial charge in [-0.15, -0.1) is 0 Å². The Kier molecular flexibility index (Phi) is 9.95. The zero-order valence-electron chi connectivity index (χ0n) is 27.3. The maximum Gasteiger partial charge on any atom is 0.159 e. The van der Waals surface area contributed by atoms with Crippen LogP contribution in [0.4, 0.5) is 8.78 Å². The van der Waals surface area contributed by atoms with Gasteiger partial charge in [-0.2, -0.15) is 0 Å². The van der Waals surface area contributed by atoms with Crippen molar-refractivity contribution in [1.29, 1.82) is 0 Å². The number of hydrogen-bond donors (Lipinski definition) is 0. The van der Waals surface area contributed by atoms with Gasteiger partial charge >= 0.3 is 0 Å². The Labute approximate surface area is 285 Å². The van der Waals surface area contributed by atoms with E-state index in [1.165, 1.54) is 51.9 Å². The van der Waals surface area contributed by atoms with Crippen LogP contribution in [0.25, 0.3) is 0 Å². The van der Waals surface area contributed by atoms with Gasteiger partial charge in [-0.1, -0.05) is 97.4 Å². The maximum atomic E-state index is 15.6. The highest BCUT2D eigenvalue weighted by molar-refractivity contribution is 7.95. The molecule has 7 rings (SSSR count). The molecule has 48 heavy (non-hydrogen) atoms. The SMILES string of the molecule is Fc1cc(C[P+](c2ccccc2)(c2ccccc2)c2ccccc2)c(C[P+](c2ccccc2)(c2ccccc2)C2CCCCC2)cc1F. The van der Waals surface area contributed by atoms with Crippen molar-refractivity contribution in [2.45, 2.75) is 50.1 Å². The van der Waals surface area contributed by atoms with E-state index in [1.54, 1.807) is 6.07 Å². The summed E-state index contributed by atoms with van der Waals surface area (Å²) in [5, 5.41) is 6.41. The first-order chi connectivity index (χ1) is 23.6. The number of benzene rings is 6. The van der Waals surface area contributed by atoms with Gasteiger partial charge in [0.1, 0.15) is 23.2 Å². The summed E-state index contributed by atoms with van der Waals surface area (Å²) in [6.07, 6.45) is 7.30. The largest absolute Gasteiger partial charge is 0.204 e. The maximum absolute atomic E-state index is 15.6. The summed E-state index contributed by atoms with van der Waals surface area (Å²) in [5.41, 5.74) is 2.33. The van der Waals surface area contributed by atoms with Crippen LogP contribution in [-0.2, 0) is 12.3 Å². The minimum Gasteiger partial charge on any atom is -0.204 e. The van der Waals surface area contributed by atoms with E-state index in [0.29, 0.717) is 18.0 Å². The van der Waals surface area contributed by atoms with Crippen molar-refractivity contribution in [3.63, 3.8) is 0 Å². The third-order valence-corrected chi connectivity index (χ3v) is 19.7. The highest BCUT2D eigenvalue weighted by Gasteiger charge is 2.52. The summed E-state index contributed by atoms with van der Waals surface area (Å²) >= 11 is 0. The van der Waals surface area contributed by atoms with Crippen molar-refractivity contribution in [3.8, 4) is 0 Å². The summed E-state index contributed by atoms with van der Waals surface area (Å²) < 4.78 is 31.3. The van der Waals surface area contributed by atoms with E-state index in [1.807, 2.05) is 0 Å². The molecule has 0 heterocycles. The van der Waals surface area contributed by atoms with Crippen LogP contribution in [0, 0.1) is 11.6 Å². The molecule has 1 saturated carbocycles. The van der Waals surface area contributed by atoms with Crippen LogP contribution in [-0.4, -0.2) is 5.66 Å². The molecule has 4 heteroatoms. The number of hydrogen-bond acceptors (Lipinski definition) is 0. The topological polar surface area (TPSA) is 0 Å². The molecule has 6 aromatic carbocycles. The van der Waals surface area contributed by atoms with E-state index in [9.17, 15) is 0 Å². The van der Waals surface area contributed by atoms with Crippen molar-refractivity contribution in [3.05, 3.63) is 187 Å². The molecule has 0 radical (unpaired) electrons. The molecule has 0 saturated heterocycles. The number of rotatable bonds is 10. The molecule has 6 aromatic rings. The van der Waals surface area contributed by atoms with Crippen LogP contribution in [0.5, 0.6) is 0 Å². The Morgan fingerprint density at radius 3 is 1.12 bits per heavy atom. The van der Waals surface area contributed by atoms with Crippen LogP contribution >= 0.6 is 14.5 Å². The second kappa shape index (κ2) is 14.7. The summed E-state index contributed by atoms with van der Waals surface area (Å²) in [6, 6.07) is 57.2. The minimum absolute atomic E-state index is 0.480. The van der Waals surface area contributed by atoms with Crippen LogP contribution in [0.2, 0.25) is 0 Å². The normalized spacial score (nSPS) is 14.1. The lowest BCUT2D eigenvalue weighted by Gasteiger charge is -2.37. The van der Waals surface area contributed by atoms with Crippen LogP contribution in [0.3, 0.4) is 0 Å². The van der Waals surface area contributed by atoms with Crippen molar-refractivity contribution in [2.75, 3.05) is 0 Å². The molecule has 0 atom stereocenters. The average molecular weight is 671 g/mol. The molecule has 0 spiro atoms. The number of halogens is 2. The molecule has 0 amide bonds. The fourth-order valence-corrected chi connectivity index (χ4v) is 17.6. The predicted molar refractivity (Wildman–Crippen MR) is 205 cm³/mol. The molecule has 0 unspecified atom stereocenters. The molecule has 0 bridgehead atoms.